The fraction of sp³-hybridized carbons (Fsp3) is 0.857. The Morgan fingerprint density at radius 1 is 0.500 bits per heavy atom. The van der Waals surface area contributed by atoms with Gasteiger partial charge in [0.05, 0.1) is 24.7 Å². The molecule has 3 fully saturated rings. The summed E-state index contributed by atoms with van der Waals surface area (Å²) in [5, 5.41) is 34.6. The number of unbranched alkanes of at least 4 members (excludes halogenated alkanes) is 3. The van der Waals surface area contributed by atoms with E-state index in [2.05, 4.69) is 36.7 Å². The van der Waals surface area contributed by atoms with E-state index in [4.69, 9.17) is 15.3 Å². The maximum absolute atomic E-state index is 13.7. The zero-order valence-electron chi connectivity index (χ0n) is 33.6. The van der Waals surface area contributed by atoms with Crippen molar-refractivity contribution in [2.75, 3.05) is 0 Å². The van der Waals surface area contributed by atoms with E-state index < -0.39 is 42.6 Å². The van der Waals surface area contributed by atoms with Gasteiger partial charge < -0.3 is 31.3 Å². The van der Waals surface area contributed by atoms with Crippen LogP contribution in [0, 0.1) is 29.6 Å². The molecule has 54 heavy (non-hydrogen) atoms. The number of nitrogens with one attached hydrogen (secondary N) is 3. The van der Waals surface area contributed by atoms with Crippen LogP contribution < -0.4 is 16.0 Å². The molecule has 6 atom stereocenters. The lowest BCUT2D eigenvalue weighted by atomic mass is 9.82. The molecule has 3 amide bonds. The van der Waals surface area contributed by atoms with Crippen molar-refractivity contribution in [1.82, 2.24) is 16.0 Å². The van der Waals surface area contributed by atoms with Crippen molar-refractivity contribution in [1.29, 1.82) is 0 Å². The predicted octanol–water partition coefficient (Wildman–Crippen LogP) is 7.62. The Balaban J connectivity index is 0.000000720. The lowest BCUT2D eigenvalue weighted by Gasteiger charge is -2.32. The molecule has 3 saturated carbocycles. The van der Waals surface area contributed by atoms with E-state index in [1.165, 1.54) is 77.0 Å². The average Bonchev–Trinajstić information content (AvgIpc) is 3.12. The fourth-order valence-corrected chi connectivity index (χ4v) is 8.80. The molecular weight excluding hydrogens is 690 g/mol. The van der Waals surface area contributed by atoms with Crippen LogP contribution in [0.25, 0.3) is 0 Å². The molecule has 6 N–H and O–H groups in total. The van der Waals surface area contributed by atoms with E-state index in [9.17, 15) is 28.8 Å². The third-order valence-electron chi connectivity index (χ3n) is 11.7. The first-order valence-electron chi connectivity index (χ1n) is 21.4. The summed E-state index contributed by atoms with van der Waals surface area (Å²) in [6.07, 6.45) is 23.4. The summed E-state index contributed by atoms with van der Waals surface area (Å²) in [5.74, 6) is -4.16. The van der Waals surface area contributed by atoms with Crippen LogP contribution in [0.5, 0.6) is 0 Å². The highest BCUT2D eigenvalue weighted by molar-refractivity contribution is 5.90. The molecule has 6 unspecified atom stereocenters. The van der Waals surface area contributed by atoms with Crippen LogP contribution in [0.15, 0.2) is 0 Å². The number of carbonyl (C=O) groups excluding carboxylic acids is 3. The number of carbonyl (C=O) groups is 6. The molecule has 3 rings (SSSR count). The monoisotopic (exact) mass is 764 g/mol. The Kier molecular flexibility index (Phi) is 23.1. The Morgan fingerprint density at radius 2 is 0.852 bits per heavy atom. The molecule has 0 heterocycles. The molecule has 0 aromatic heterocycles. The van der Waals surface area contributed by atoms with Crippen molar-refractivity contribution >= 4 is 35.6 Å². The minimum Gasteiger partial charge on any atom is -0.481 e. The first-order chi connectivity index (χ1) is 25.8. The third-order valence-corrected chi connectivity index (χ3v) is 11.7. The van der Waals surface area contributed by atoms with Gasteiger partial charge >= 0.3 is 17.9 Å². The van der Waals surface area contributed by atoms with Crippen molar-refractivity contribution in [3.63, 3.8) is 0 Å². The average molecular weight is 764 g/mol. The summed E-state index contributed by atoms with van der Waals surface area (Å²) in [6, 6.07) is 0.563. The number of amides is 3. The normalized spacial score (nSPS) is 24.7. The molecule has 12 heteroatoms. The maximum Gasteiger partial charge on any atom is 0.307 e. The van der Waals surface area contributed by atoms with Crippen molar-refractivity contribution in [3.8, 4) is 0 Å². The highest BCUT2D eigenvalue weighted by Gasteiger charge is 2.32. The standard InChI is InChI=1S/C36H65N3O3.C6H8O6/c1-4-7-13-27-16-10-19-31(22-27)37-34(40)25-30(36(42)39-33-21-12-18-29(24-33)15-9-6-3)26-35(41)38-32-20-11-17-28(23-32)14-8-5-2;7-4(8)1-3(6(11)12)2-5(9)10/h27-33H,4-26H2,1-3H3,(H,37,40)(H,38,41)(H,39,42);3H,1-2H2,(H,7,8)(H,9,10)(H,11,12). The highest BCUT2D eigenvalue weighted by Crippen LogP contribution is 2.31. The van der Waals surface area contributed by atoms with Crippen LogP contribution >= 0.6 is 0 Å². The quantitative estimate of drug-likeness (QED) is 0.0642. The van der Waals surface area contributed by atoms with Gasteiger partial charge in [0.15, 0.2) is 0 Å². The minimum absolute atomic E-state index is 0.0640. The zero-order valence-corrected chi connectivity index (χ0v) is 33.6. The van der Waals surface area contributed by atoms with Crippen molar-refractivity contribution in [2.24, 2.45) is 29.6 Å². The summed E-state index contributed by atoms with van der Waals surface area (Å²) >= 11 is 0. The molecule has 0 radical (unpaired) electrons. The lowest BCUT2D eigenvalue weighted by Crippen LogP contribution is -2.46. The molecule has 0 aliphatic heterocycles. The van der Waals surface area contributed by atoms with Gasteiger partial charge in [0, 0.05) is 31.0 Å². The van der Waals surface area contributed by atoms with E-state index in [0.717, 1.165) is 57.8 Å². The van der Waals surface area contributed by atoms with Crippen LogP contribution in [-0.4, -0.2) is 69.1 Å². The summed E-state index contributed by atoms with van der Waals surface area (Å²) in [5.41, 5.74) is 0. The van der Waals surface area contributed by atoms with Gasteiger partial charge in [0.2, 0.25) is 17.7 Å². The number of carboxylic acid groups (broad SMARTS) is 3. The second-order valence-electron chi connectivity index (χ2n) is 16.6. The van der Waals surface area contributed by atoms with Gasteiger partial charge in [-0.25, -0.2) is 0 Å². The Bertz CT molecular complexity index is 1100. The van der Waals surface area contributed by atoms with Crippen LogP contribution in [0.3, 0.4) is 0 Å². The van der Waals surface area contributed by atoms with Crippen molar-refractivity contribution in [3.05, 3.63) is 0 Å². The summed E-state index contributed by atoms with van der Waals surface area (Å²) in [7, 11) is 0. The number of hydrogen-bond acceptors (Lipinski definition) is 6. The minimum atomic E-state index is -1.40. The molecular formula is C42H73N3O9. The second-order valence-corrected chi connectivity index (χ2v) is 16.6. The van der Waals surface area contributed by atoms with Gasteiger partial charge in [-0.2, -0.15) is 0 Å². The Morgan fingerprint density at radius 3 is 1.17 bits per heavy atom. The number of hydrogen-bond donors (Lipinski definition) is 6. The molecule has 3 aliphatic carbocycles. The Labute approximate surface area is 324 Å². The molecule has 0 aromatic carbocycles. The van der Waals surface area contributed by atoms with Gasteiger partial charge in [0.25, 0.3) is 0 Å². The summed E-state index contributed by atoms with van der Waals surface area (Å²) in [4.78, 5) is 70.6. The van der Waals surface area contributed by atoms with Gasteiger partial charge in [0.1, 0.15) is 0 Å². The first kappa shape index (κ1) is 47.0. The van der Waals surface area contributed by atoms with Gasteiger partial charge in [-0.05, 0) is 56.3 Å². The van der Waals surface area contributed by atoms with E-state index in [1.54, 1.807) is 0 Å². The molecule has 0 bridgehead atoms. The highest BCUT2D eigenvalue weighted by atomic mass is 16.4. The SMILES string of the molecule is CCCCC1CCCC(NC(=O)CC(CC(=O)NC2CCCC(CCCC)C2)C(=O)NC2CCCC(CCCC)C2)C1.O=C(O)CC(CC(=O)O)C(=O)O. The molecule has 0 saturated heterocycles. The number of aliphatic carboxylic acids is 3. The largest absolute Gasteiger partial charge is 0.481 e. The van der Waals surface area contributed by atoms with Gasteiger partial charge in [-0.15, -0.1) is 0 Å². The molecule has 0 aromatic rings. The third kappa shape index (κ3) is 19.9. The van der Waals surface area contributed by atoms with Gasteiger partial charge in [-0.3, -0.25) is 28.8 Å². The Hall–Kier alpha value is -3.18. The zero-order chi connectivity index (χ0) is 39.9. The fourth-order valence-electron chi connectivity index (χ4n) is 8.80. The van der Waals surface area contributed by atoms with Crippen molar-refractivity contribution < 1.29 is 44.1 Å². The number of carboxylic acids is 3. The van der Waals surface area contributed by atoms with Crippen LogP contribution in [0.2, 0.25) is 0 Å². The molecule has 3 aliphatic rings. The van der Waals surface area contributed by atoms with Gasteiger partial charge in [-0.1, -0.05) is 117 Å². The molecule has 0 spiro atoms. The second kappa shape index (κ2) is 26.6. The first-order valence-corrected chi connectivity index (χ1v) is 21.4. The van der Waals surface area contributed by atoms with Crippen LogP contribution in [0.1, 0.15) is 181 Å². The maximum atomic E-state index is 13.7. The molecule has 12 nitrogen and oxygen atoms in total. The molecule has 310 valence electrons. The lowest BCUT2D eigenvalue weighted by molar-refractivity contribution is -0.152. The van der Waals surface area contributed by atoms with E-state index in [-0.39, 0.29) is 48.7 Å². The smallest absolute Gasteiger partial charge is 0.307 e. The van der Waals surface area contributed by atoms with Crippen molar-refractivity contribution in [2.45, 2.75) is 199 Å². The van der Waals surface area contributed by atoms with E-state index in [0.29, 0.717) is 17.8 Å². The summed E-state index contributed by atoms with van der Waals surface area (Å²) in [6.45, 7) is 6.71. The number of rotatable bonds is 22. The van der Waals surface area contributed by atoms with E-state index >= 15 is 0 Å². The van der Waals surface area contributed by atoms with Crippen LogP contribution in [0.4, 0.5) is 0 Å². The predicted molar refractivity (Wildman–Crippen MR) is 209 cm³/mol. The van der Waals surface area contributed by atoms with Crippen LogP contribution in [-0.2, 0) is 28.8 Å². The topological polar surface area (TPSA) is 199 Å². The summed E-state index contributed by atoms with van der Waals surface area (Å²) < 4.78 is 0. The van der Waals surface area contributed by atoms with E-state index in [1.807, 2.05) is 0 Å².